The van der Waals surface area contributed by atoms with E-state index in [0.29, 0.717) is 0 Å². The van der Waals surface area contributed by atoms with Gasteiger partial charge in [0.05, 0.1) is 0 Å². The second kappa shape index (κ2) is 5.18. The van der Waals surface area contributed by atoms with Gasteiger partial charge in [-0.1, -0.05) is 38.3 Å². The summed E-state index contributed by atoms with van der Waals surface area (Å²) in [5, 5.41) is 0. The Morgan fingerprint density at radius 3 is 2.33 bits per heavy atom. The molecular formula is C15H26. The van der Waals surface area contributed by atoms with E-state index in [2.05, 4.69) is 19.9 Å². The fraction of sp³-hybridized carbons (Fsp3) is 0.867. The third-order valence-corrected chi connectivity index (χ3v) is 4.73. The number of hydrogen-bond acceptors (Lipinski definition) is 0. The molecule has 1 atom stereocenters. The Kier molecular flexibility index (Phi) is 3.88. The molecule has 15 heavy (non-hydrogen) atoms. The summed E-state index contributed by atoms with van der Waals surface area (Å²) < 4.78 is 0. The Morgan fingerprint density at radius 2 is 1.80 bits per heavy atom. The zero-order valence-electron chi connectivity index (χ0n) is 10.5. The van der Waals surface area contributed by atoms with Crippen LogP contribution in [0.2, 0.25) is 0 Å². The van der Waals surface area contributed by atoms with Gasteiger partial charge < -0.3 is 0 Å². The molecule has 0 heteroatoms. The normalized spacial score (nSPS) is 37.5. The summed E-state index contributed by atoms with van der Waals surface area (Å²) in [5.41, 5.74) is 1.72. The topological polar surface area (TPSA) is 0 Å². The van der Waals surface area contributed by atoms with Gasteiger partial charge in [0.25, 0.3) is 0 Å². The van der Waals surface area contributed by atoms with E-state index >= 15 is 0 Å². The SMILES string of the molecule is CCC1=CCC(C2CCC(C)CC2)CC1. The fourth-order valence-corrected chi connectivity index (χ4v) is 3.42. The summed E-state index contributed by atoms with van der Waals surface area (Å²) in [6.45, 7) is 4.72. The first-order chi connectivity index (χ1) is 7.29. The Bertz CT molecular complexity index is 218. The van der Waals surface area contributed by atoms with Gasteiger partial charge in [-0.25, -0.2) is 0 Å². The first kappa shape index (κ1) is 11.2. The van der Waals surface area contributed by atoms with Crippen LogP contribution < -0.4 is 0 Å². The molecule has 0 aliphatic heterocycles. The van der Waals surface area contributed by atoms with Crippen molar-refractivity contribution in [2.24, 2.45) is 17.8 Å². The first-order valence-corrected chi connectivity index (χ1v) is 6.97. The molecule has 2 rings (SSSR count). The van der Waals surface area contributed by atoms with Gasteiger partial charge in [0.2, 0.25) is 0 Å². The smallest absolute Gasteiger partial charge is 0.0317 e. The van der Waals surface area contributed by atoms with Crippen molar-refractivity contribution in [3.63, 3.8) is 0 Å². The van der Waals surface area contributed by atoms with Gasteiger partial charge >= 0.3 is 0 Å². The third-order valence-electron chi connectivity index (χ3n) is 4.73. The van der Waals surface area contributed by atoms with E-state index in [-0.39, 0.29) is 0 Å². The van der Waals surface area contributed by atoms with Crippen molar-refractivity contribution in [1.29, 1.82) is 0 Å². The summed E-state index contributed by atoms with van der Waals surface area (Å²) in [4.78, 5) is 0. The number of hydrogen-bond donors (Lipinski definition) is 0. The maximum Gasteiger partial charge on any atom is -0.0317 e. The van der Waals surface area contributed by atoms with Crippen LogP contribution in [0.1, 0.15) is 65.2 Å². The summed E-state index contributed by atoms with van der Waals surface area (Å²) in [5.74, 6) is 3.11. The van der Waals surface area contributed by atoms with Crippen molar-refractivity contribution in [3.8, 4) is 0 Å². The molecule has 0 saturated heterocycles. The molecule has 2 aliphatic carbocycles. The molecule has 86 valence electrons. The standard InChI is InChI=1S/C15H26/c1-3-13-6-10-15(11-7-13)14-8-4-12(2)5-9-14/h6,12,14-15H,3-5,7-11H2,1-2H3. The molecule has 1 unspecified atom stereocenters. The van der Waals surface area contributed by atoms with Crippen LogP contribution in [0, 0.1) is 17.8 Å². The van der Waals surface area contributed by atoms with E-state index < -0.39 is 0 Å². The minimum atomic E-state index is 1.01. The second-order valence-electron chi connectivity index (χ2n) is 5.77. The first-order valence-electron chi connectivity index (χ1n) is 6.97. The van der Waals surface area contributed by atoms with Gasteiger partial charge in [-0.3, -0.25) is 0 Å². The van der Waals surface area contributed by atoms with Crippen LogP contribution in [-0.4, -0.2) is 0 Å². The minimum Gasteiger partial charge on any atom is -0.0851 e. The quantitative estimate of drug-likeness (QED) is 0.561. The zero-order valence-corrected chi connectivity index (χ0v) is 10.5. The average molecular weight is 206 g/mol. The van der Waals surface area contributed by atoms with E-state index in [1.807, 2.05) is 0 Å². The molecule has 0 amide bonds. The predicted molar refractivity (Wildman–Crippen MR) is 66.8 cm³/mol. The minimum absolute atomic E-state index is 1.01. The summed E-state index contributed by atoms with van der Waals surface area (Å²) in [6.07, 6.45) is 14.1. The van der Waals surface area contributed by atoms with Gasteiger partial charge in [0.1, 0.15) is 0 Å². The molecule has 0 radical (unpaired) electrons. The molecule has 0 spiro atoms. The Morgan fingerprint density at radius 1 is 1.07 bits per heavy atom. The van der Waals surface area contributed by atoms with Gasteiger partial charge in [-0.15, -0.1) is 0 Å². The van der Waals surface area contributed by atoms with Crippen LogP contribution in [0.3, 0.4) is 0 Å². The molecular weight excluding hydrogens is 180 g/mol. The second-order valence-corrected chi connectivity index (χ2v) is 5.77. The summed E-state index contributed by atoms with van der Waals surface area (Å²) >= 11 is 0. The fourth-order valence-electron chi connectivity index (χ4n) is 3.42. The van der Waals surface area contributed by atoms with Crippen LogP contribution in [0.4, 0.5) is 0 Å². The highest BCUT2D eigenvalue weighted by molar-refractivity contribution is 5.06. The molecule has 0 heterocycles. The number of allylic oxidation sites excluding steroid dienone is 2. The molecule has 0 bridgehead atoms. The Balaban J connectivity index is 1.83. The van der Waals surface area contributed by atoms with Gasteiger partial charge in [-0.2, -0.15) is 0 Å². The van der Waals surface area contributed by atoms with E-state index in [1.165, 1.54) is 51.4 Å². The monoisotopic (exact) mass is 206 g/mol. The lowest BCUT2D eigenvalue weighted by molar-refractivity contribution is 0.199. The number of rotatable bonds is 2. The molecule has 2 aliphatic rings. The molecule has 0 aromatic heterocycles. The van der Waals surface area contributed by atoms with Crippen LogP contribution in [0.15, 0.2) is 11.6 Å². The molecule has 1 fully saturated rings. The van der Waals surface area contributed by atoms with E-state index in [4.69, 9.17) is 0 Å². The largest absolute Gasteiger partial charge is 0.0851 e. The predicted octanol–water partition coefficient (Wildman–Crippen LogP) is 4.95. The maximum atomic E-state index is 2.55. The summed E-state index contributed by atoms with van der Waals surface area (Å²) in [6, 6.07) is 0. The van der Waals surface area contributed by atoms with Crippen LogP contribution >= 0.6 is 0 Å². The van der Waals surface area contributed by atoms with Crippen LogP contribution in [0.25, 0.3) is 0 Å². The Labute approximate surface area is 95.1 Å². The molecule has 0 nitrogen and oxygen atoms in total. The van der Waals surface area contributed by atoms with Crippen LogP contribution in [0.5, 0.6) is 0 Å². The van der Waals surface area contributed by atoms with Crippen molar-refractivity contribution in [1.82, 2.24) is 0 Å². The van der Waals surface area contributed by atoms with Crippen molar-refractivity contribution in [3.05, 3.63) is 11.6 Å². The van der Waals surface area contributed by atoms with Crippen LogP contribution in [-0.2, 0) is 0 Å². The van der Waals surface area contributed by atoms with Gasteiger partial charge in [-0.05, 0) is 56.3 Å². The van der Waals surface area contributed by atoms with Crippen molar-refractivity contribution in [2.45, 2.75) is 65.2 Å². The molecule has 1 saturated carbocycles. The van der Waals surface area contributed by atoms with E-state index in [1.54, 1.807) is 5.57 Å². The molecule has 0 N–H and O–H groups in total. The van der Waals surface area contributed by atoms with Crippen molar-refractivity contribution < 1.29 is 0 Å². The lowest BCUT2D eigenvalue weighted by Crippen LogP contribution is -2.22. The van der Waals surface area contributed by atoms with Gasteiger partial charge in [0.15, 0.2) is 0 Å². The highest BCUT2D eigenvalue weighted by Gasteiger charge is 2.26. The summed E-state index contributed by atoms with van der Waals surface area (Å²) in [7, 11) is 0. The highest BCUT2D eigenvalue weighted by atomic mass is 14.3. The van der Waals surface area contributed by atoms with Crippen molar-refractivity contribution in [2.75, 3.05) is 0 Å². The zero-order chi connectivity index (χ0) is 10.7. The van der Waals surface area contributed by atoms with E-state index in [9.17, 15) is 0 Å². The molecule has 0 aromatic rings. The van der Waals surface area contributed by atoms with Crippen molar-refractivity contribution >= 4 is 0 Å². The highest BCUT2D eigenvalue weighted by Crippen LogP contribution is 2.39. The van der Waals surface area contributed by atoms with Gasteiger partial charge in [0, 0.05) is 0 Å². The van der Waals surface area contributed by atoms with E-state index in [0.717, 1.165) is 17.8 Å². The molecule has 0 aromatic carbocycles. The lowest BCUT2D eigenvalue weighted by atomic mass is 9.71. The Hall–Kier alpha value is -0.260. The average Bonchev–Trinajstić information content (AvgIpc) is 2.30. The third kappa shape index (κ3) is 2.86. The lowest BCUT2D eigenvalue weighted by Gasteiger charge is -2.34. The maximum absolute atomic E-state index is 2.55.